The highest BCUT2D eigenvalue weighted by Gasteiger charge is 2.32. The first-order chi connectivity index (χ1) is 9.33. The third-order valence-electron chi connectivity index (χ3n) is 3.14. The molecule has 0 amide bonds. The average molecular weight is 256 g/mol. The summed E-state index contributed by atoms with van der Waals surface area (Å²) < 4.78 is 5.54. The molecule has 5 heteroatoms. The van der Waals surface area contributed by atoms with Crippen LogP contribution in [0.25, 0.3) is 10.4 Å². The largest absolute Gasteiger partial charge is 0.364 e. The van der Waals surface area contributed by atoms with Crippen LogP contribution in [-0.2, 0) is 11.3 Å². The van der Waals surface area contributed by atoms with E-state index in [-0.39, 0.29) is 18.8 Å². The minimum absolute atomic E-state index is 0.115. The Kier molecular flexibility index (Phi) is 4.82. The fourth-order valence-corrected chi connectivity index (χ4v) is 2.30. The Bertz CT molecular complexity index is 490. The quantitative estimate of drug-likeness (QED) is 0.351. The maximum Gasteiger partial charge on any atom is 0.107 e. The van der Waals surface area contributed by atoms with Gasteiger partial charge in [-0.15, -0.1) is 6.42 Å². The maximum absolute atomic E-state index is 8.59. The van der Waals surface area contributed by atoms with E-state index in [1.54, 1.807) is 0 Å². The molecule has 0 spiro atoms. The molecule has 0 unspecified atom stereocenters. The molecule has 2 rings (SSSR count). The summed E-state index contributed by atoms with van der Waals surface area (Å²) in [5, 5.41) is 3.80. The molecule has 5 nitrogen and oxygen atoms in total. The van der Waals surface area contributed by atoms with E-state index in [2.05, 4.69) is 33.0 Å². The highest BCUT2D eigenvalue weighted by Crippen LogP contribution is 2.19. The lowest BCUT2D eigenvalue weighted by Crippen LogP contribution is -2.25. The van der Waals surface area contributed by atoms with Gasteiger partial charge in [0.15, 0.2) is 0 Å². The molecule has 1 saturated heterocycles. The van der Waals surface area contributed by atoms with Crippen molar-refractivity contribution in [3.8, 4) is 12.3 Å². The van der Waals surface area contributed by atoms with Crippen LogP contribution in [0.1, 0.15) is 5.56 Å². The van der Waals surface area contributed by atoms with Gasteiger partial charge in [-0.3, -0.25) is 4.90 Å². The van der Waals surface area contributed by atoms with Crippen molar-refractivity contribution in [1.29, 1.82) is 0 Å². The van der Waals surface area contributed by atoms with Crippen LogP contribution in [0.5, 0.6) is 0 Å². The number of terminal acetylenes is 1. The van der Waals surface area contributed by atoms with E-state index < -0.39 is 0 Å². The predicted octanol–water partition coefficient (Wildman–Crippen LogP) is 2.20. The molecule has 19 heavy (non-hydrogen) atoms. The molecule has 2 atom stereocenters. The van der Waals surface area contributed by atoms with Crippen LogP contribution in [-0.4, -0.2) is 36.7 Å². The number of ether oxygens (including phenoxy) is 1. The standard InChI is InChI=1S/C14H16N4O/c1-2-8-19-14-11-18(10-13(14)16-17-15)9-12-6-4-3-5-7-12/h1,3-7,13-14H,8-11H2/t13-,14-/m1/s1. The van der Waals surface area contributed by atoms with Crippen LogP contribution < -0.4 is 0 Å². The summed E-state index contributed by atoms with van der Waals surface area (Å²) in [6.07, 6.45) is 5.08. The van der Waals surface area contributed by atoms with Gasteiger partial charge >= 0.3 is 0 Å². The minimum Gasteiger partial charge on any atom is -0.364 e. The molecule has 98 valence electrons. The van der Waals surface area contributed by atoms with Gasteiger partial charge in [-0.25, -0.2) is 0 Å². The summed E-state index contributed by atoms with van der Waals surface area (Å²) in [7, 11) is 0. The lowest BCUT2D eigenvalue weighted by Gasteiger charge is -2.15. The summed E-state index contributed by atoms with van der Waals surface area (Å²) in [6.45, 7) is 2.52. The van der Waals surface area contributed by atoms with Gasteiger partial charge < -0.3 is 4.74 Å². The van der Waals surface area contributed by atoms with Gasteiger partial charge in [0.25, 0.3) is 0 Å². The first-order valence-electron chi connectivity index (χ1n) is 6.19. The maximum atomic E-state index is 8.59. The third-order valence-corrected chi connectivity index (χ3v) is 3.14. The fourth-order valence-electron chi connectivity index (χ4n) is 2.30. The van der Waals surface area contributed by atoms with Gasteiger partial charge in [0.1, 0.15) is 6.61 Å². The van der Waals surface area contributed by atoms with E-state index >= 15 is 0 Å². The number of hydrogen-bond donors (Lipinski definition) is 0. The molecule has 1 aromatic rings. The van der Waals surface area contributed by atoms with Crippen molar-refractivity contribution in [3.63, 3.8) is 0 Å². The molecular formula is C14H16N4O. The Morgan fingerprint density at radius 3 is 2.89 bits per heavy atom. The molecule has 1 fully saturated rings. The Morgan fingerprint density at radius 2 is 2.21 bits per heavy atom. The summed E-state index contributed by atoms with van der Waals surface area (Å²) >= 11 is 0. The molecule has 1 aliphatic heterocycles. The van der Waals surface area contributed by atoms with Gasteiger partial charge in [-0.05, 0) is 11.1 Å². The van der Waals surface area contributed by atoms with Gasteiger partial charge in [-0.2, -0.15) is 0 Å². The average Bonchev–Trinajstić information content (AvgIpc) is 2.80. The smallest absolute Gasteiger partial charge is 0.107 e. The summed E-state index contributed by atoms with van der Waals surface area (Å²) in [4.78, 5) is 5.10. The van der Waals surface area contributed by atoms with Gasteiger partial charge in [0, 0.05) is 24.5 Å². The van der Waals surface area contributed by atoms with Crippen LogP contribution in [0, 0.1) is 12.3 Å². The molecule has 1 aliphatic rings. The van der Waals surface area contributed by atoms with Gasteiger partial charge in [0.05, 0.1) is 12.1 Å². The van der Waals surface area contributed by atoms with Gasteiger partial charge in [-0.1, -0.05) is 41.4 Å². The lowest BCUT2D eigenvalue weighted by atomic mass is 10.2. The molecule has 0 aromatic heterocycles. The molecular weight excluding hydrogens is 240 g/mol. The van der Waals surface area contributed by atoms with E-state index in [9.17, 15) is 0 Å². The highest BCUT2D eigenvalue weighted by molar-refractivity contribution is 5.15. The summed E-state index contributed by atoms with van der Waals surface area (Å²) in [6, 6.07) is 10.0. The fraction of sp³-hybridized carbons (Fsp3) is 0.429. The van der Waals surface area contributed by atoms with E-state index in [4.69, 9.17) is 16.7 Å². The molecule has 0 bridgehead atoms. The zero-order chi connectivity index (χ0) is 13.5. The molecule has 1 aromatic carbocycles. The number of rotatable bonds is 5. The number of azide groups is 1. The Hall–Kier alpha value is -1.99. The van der Waals surface area contributed by atoms with Crippen molar-refractivity contribution in [2.24, 2.45) is 5.11 Å². The third kappa shape index (κ3) is 3.73. The topological polar surface area (TPSA) is 61.2 Å². The summed E-state index contributed by atoms with van der Waals surface area (Å²) in [5.41, 5.74) is 9.83. The lowest BCUT2D eigenvalue weighted by molar-refractivity contribution is 0.0743. The van der Waals surface area contributed by atoms with E-state index in [1.807, 2.05) is 18.2 Å². The van der Waals surface area contributed by atoms with Crippen molar-refractivity contribution in [2.45, 2.75) is 18.7 Å². The second-order valence-electron chi connectivity index (χ2n) is 4.51. The Labute approximate surface area is 112 Å². The molecule has 0 saturated carbocycles. The van der Waals surface area contributed by atoms with Crippen molar-refractivity contribution >= 4 is 0 Å². The number of likely N-dealkylation sites (tertiary alicyclic amines) is 1. The van der Waals surface area contributed by atoms with Crippen LogP contribution in [0.2, 0.25) is 0 Å². The molecule has 0 N–H and O–H groups in total. The number of nitrogens with zero attached hydrogens (tertiary/aromatic N) is 4. The van der Waals surface area contributed by atoms with Crippen LogP contribution in [0.15, 0.2) is 35.4 Å². The second kappa shape index (κ2) is 6.81. The number of benzene rings is 1. The second-order valence-corrected chi connectivity index (χ2v) is 4.51. The van der Waals surface area contributed by atoms with E-state index in [1.165, 1.54) is 5.56 Å². The van der Waals surface area contributed by atoms with Crippen molar-refractivity contribution < 1.29 is 4.74 Å². The molecule has 0 aliphatic carbocycles. The monoisotopic (exact) mass is 256 g/mol. The van der Waals surface area contributed by atoms with Crippen LogP contribution in [0.4, 0.5) is 0 Å². The van der Waals surface area contributed by atoms with E-state index in [0.29, 0.717) is 6.54 Å². The normalized spacial score (nSPS) is 22.7. The predicted molar refractivity (Wildman–Crippen MR) is 73.2 cm³/mol. The van der Waals surface area contributed by atoms with Crippen molar-refractivity contribution in [1.82, 2.24) is 4.90 Å². The first kappa shape index (κ1) is 13.4. The van der Waals surface area contributed by atoms with Crippen LogP contribution in [0.3, 0.4) is 0 Å². The van der Waals surface area contributed by atoms with Crippen LogP contribution >= 0.6 is 0 Å². The molecule has 1 heterocycles. The van der Waals surface area contributed by atoms with Crippen molar-refractivity contribution in [3.05, 3.63) is 46.3 Å². The SMILES string of the molecule is C#CCO[C@@H]1CN(Cc2ccccc2)C[C@H]1N=[N+]=[N-]. The highest BCUT2D eigenvalue weighted by atomic mass is 16.5. The summed E-state index contributed by atoms with van der Waals surface area (Å²) in [5.74, 6) is 2.45. The first-order valence-corrected chi connectivity index (χ1v) is 6.19. The Morgan fingerprint density at radius 1 is 1.42 bits per heavy atom. The Balaban J connectivity index is 1.97. The minimum atomic E-state index is -0.165. The van der Waals surface area contributed by atoms with Crippen molar-refractivity contribution in [2.75, 3.05) is 19.7 Å². The van der Waals surface area contributed by atoms with E-state index in [0.717, 1.165) is 13.1 Å². The zero-order valence-corrected chi connectivity index (χ0v) is 10.6. The van der Waals surface area contributed by atoms with Gasteiger partial charge in [0.2, 0.25) is 0 Å². The number of hydrogen-bond acceptors (Lipinski definition) is 3. The zero-order valence-electron chi connectivity index (χ0n) is 10.6. The molecule has 0 radical (unpaired) electrons.